The van der Waals surface area contributed by atoms with Gasteiger partial charge in [-0.1, -0.05) is 24.3 Å². The average Bonchev–Trinajstić information content (AvgIpc) is 3.00. The van der Waals surface area contributed by atoms with Crippen molar-refractivity contribution < 1.29 is 9.84 Å². The van der Waals surface area contributed by atoms with Gasteiger partial charge in [0.1, 0.15) is 23.4 Å². The van der Waals surface area contributed by atoms with Crippen molar-refractivity contribution in [2.75, 3.05) is 7.11 Å². The fourth-order valence-corrected chi connectivity index (χ4v) is 2.55. The quantitative estimate of drug-likeness (QED) is 0.374. The Morgan fingerprint density at radius 3 is 2.65 bits per heavy atom. The maximum absolute atomic E-state index is 10.3. The lowest BCUT2D eigenvalue weighted by atomic mass is 10.2. The third kappa shape index (κ3) is 3.52. The van der Waals surface area contributed by atoms with Crippen molar-refractivity contribution >= 4 is 22.8 Å². The molecule has 1 heterocycles. The molecule has 2 aromatic carbocycles. The molecule has 130 valence electrons. The second-order valence-corrected chi connectivity index (χ2v) is 5.65. The number of methoxy groups -OCH3 is 1. The first kappa shape index (κ1) is 17.1. The Morgan fingerprint density at radius 1 is 1.27 bits per heavy atom. The van der Waals surface area contributed by atoms with Gasteiger partial charge in [-0.3, -0.25) is 4.99 Å². The summed E-state index contributed by atoms with van der Waals surface area (Å²) in [5, 5.41) is 20.4. The van der Waals surface area contributed by atoms with Gasteiger partial charge in [-0.05, 0) is 35.9 Å². The molecule has 1 aromatic heterocycles. The topological polar surface area (TPSA) is 107 Å². The number of amidine groups is 1. The van der Waals surface area contributed by atoms with E-state index in [4.69, 9.17) is 10.5 Å². The van der Waals surface area contributed by atoms with E-state index in [2.05, 4.69) is 9.98 Å². The molecule has 3 rings (SSSR count). The number of aromatic nitrogens is 1. The van der Waals surface area contributed by atoms with Crippen LogP contribution in [0.2, 0.25) is 0 Å². The monoisotopic (exact) mass is 346 g/mol. The zero-order chi connectivity index (χ0) is 18.5. The summed E-state index contributed by atoms with van der Waals surface area (Å²) in [7, 11) is 1.61. The van der Waals surface area contributed by atoms with Crippen LogP contribution in [0.4, 0.5) is 0 Å². The first-order valence-electron chi connectivity index (χ1n) is 7.97. The van der Waals surface area contributed by atoms with Crippen molar-refractivity contribution in [1.29, 1.82) is 5.26 Å². The minimum absolute atomic E-state index is 0.0799. The molecule has 0 bridgehead atoms. The summed E-state index contributed by atoms with van der Waals surface area (Å²) >= 11 is 0. The van der Waals surface area contributed by atoms with Crippen molar-refractivity contribution in [3.05, 3.63) is 65.4 Å². The summed E-state index contributed by atoms with van der Waals surface area (Å²) in [6, 6.07) is 16.8. The van der Waals surface area contributed by atoms with Crippen LogP contribution in [0.25, 0.3) is 17.0 Å². The Labute approximate surface area is 150 Å². The van der Waals surface area contributed by atoms with Crippen molar-refractivity contribution in [2.45, 2.75) is 6.54 Å². The summed E-state index contributed by atoms with van der Waals surface area (Å²) < 4.78 is 5.11. The van der Waals surface area contributed by atoms with Gasteiger partial charge in [-0.25, -0.2) is 0 Å². The number of hydrogen-bond donors (Lipinski definition) is 3. The minimum atomic E-state index is 0.0799. The molecular formula is C20H18N4O2. The second-order valence-electron chi connectivity index (χ2n) is 5.65. The third-order valence-corrected chi connectivity index (χ3v) is 3.98. The maximum Gasteiger partial charge on any atom is 0.148 e. The first-order chi connectivity index (χ1) is 12.6. The lowest BCUT2D eigenvalue weighted by molar-refractivity contribution is 0.414. The molecule has 0 saturated heterocycles. The van der Waals surface area contributed by atoms with Crippen LogP contribution in [0.15, 0.2) is 59.1 Å². The highest BCUT2D eigenvalue weighted by atomic mass is 16.5. The molecule has 0 radical (unpaired) electrons. The number of nitrogens with one attached hydrogen (secondary N) is 1. The van der Waals surface area contributed by atoms with Gasteiger partial charge in [0.2, 0.25) is 0 Å². The number of H-pyrrole nitrogens is 1. The van der Waals surface area contributed by atoms with E-state index < -0.39 is 0 Å². The van der Waals surface area contributed by atoms with Gasteiger partial charge >= 0.3 is 0 Å². The molecule has 0 amide bonds. The van der Waals surface area contributed by atoms with E-state index in [1.54, 1.807) is 13.2 Å². The predicted octanol–water partition coefficient (Wildman–Crippen LogP) is 3.35. The van der Waals surface area contributed by atoms with Gasteiger partial charge in [0, 0.05) is 10.9 Å². The standard InChI is InChI=1S/C20H18N4O2/c1-26-15-8-6-13(7-9-15)12-23-20(22)14(11-21)10-18-19(25)16-4-2-3-5-17(16)24-18/h2-10,24-25H,12H2,1H3,(H2,22,23)/b14-10-. The van der Waals surface area contributed by atoms with Crippen molar-refractivity contribution in [1.82, 2.24) is 4.98 Å². The van der Waals surface area contributed by atoms with Crippen LogP contribution in [0.1, 0.15) is 11.3 Å². The Balaban J connectivity index is 1.85. The second kappa shape index (κ2) is 7.45. The number of benzene rings is 2. The van der Waals surface area contributed by atoms with Crippen LogP contribution in [0, 0.1) is 11.3 Å². The van der Waals surface area contributed by atoms with E-state index >= 15 is 0 Å². The molecule has 0 saturated carbocycles. The largest absolute Gasteiger partial charge is 0.505 e. The number of nitrogens with zero attached hydrogens (tertiary/aromatic N) is 2. The molecule has 0 atom stereocenters. The minimum Gasteiger partial charge on any atom is -0.505 e. The van der Waals surface area contributed by atoms with Gasteiger partial charge in [-0.15, -0.1) is 0 Å². The number of nitrogens with two attached hydrogens (primary N) is 1. The van der Waals surface area contributed by atoms with Crippen LogP contribution < -0.4 is 10.5 Å². The third-order valence-electron chi connectivity index (χ3n) is 3.98. The molecule has 0 unspecified atom stereocenters. The SMILES string of the molecule is COc1ccc(CN=C(N)/C(C#N)=C\c2[nH]c3ccccc3c2O)cc1. The van der Waals surface area contributed by atoms with Crippen LogP contribution in [-0.4, -0.2) is 23.0 Å². The lowest BCUT2D eigenvalue weighted by Gasteiger charge is -2.02. The van der Waals surface area contributed by atoms with E-state index in [0.717, 1.165) is 16.8 Å². The molecule has 3 aromatic rings. The number of rotatable bonds is 5. The molecule has 0 aliphatic heterocycles. The van der Waals surface area contributed by atoms with Crippen LogP contribution in [-0.2, 0) is 6.54 Å². The molecule has 0 spiro atoms. The molecule has 26 heavy (non-hydrogen) atoms. The van der Waals surface area contributed by atoms with E-state index in [1.165, 1.54) is 6.08 Å². The Bertz CT molecular complexity index is 1020. The van der Waals surface area contributed by atoms with E-state index in [1.807, 2.05) is 48.5 Å². The van der Waals surface area contributed by atoms with E-state index in [-0.39, 0.29) is 17.2 Å². The zero-order valence-electron chi connectivity index (χ0n) is 14.2. The predicted molar refractivity (Wildman–Crippen MR) is 102 cm³/mol. The van der Waals surface area contributed by atoms with Crippen LogP contribution in [0.3, 0.4) is 0 Å². The highest BCUT2D eigenvalue weighted by Gasteiger charge is 2.10. The molecular weight excluding hydrogens is 328 g/mol. The van der Waals surface area contributed by atoms with Crippen LogP contribution >= 0.6 is 0 Å². The summed E-state index contributed by atoms with van der Waals surface area (Å²) in [6.45, 7) is 0.341. The van der Waals surface area contributed by atoms with Crippen molar-refractivity contribution in [3.63, 3.8) is 0 Å². The fraction of sp³-hybridized carbons (Fsp3) is 0.100. The number of aromatic amines is 1. The number of fused-ring (bicyclic) bond motifs is 1. The number of hydrogen-bond acceptors (Lipinski definition) is 4. The molecule has 6 heteroatoms. The molecule has 0 aliphatic carbocycles. The van der Waals surface area contributed by atoms with E-state index in [9.17, 15) is 10.4 Å². The summed E-state index contributed by atoms with van der Waals surface area (Å²) in [5.74, 6) is 0.954. The number of ether oxygens (including phenoxy) is 1. The Kier molecular flexibility index (Phi) is 4.90. The molecule has 0 fully saturated rings. The highest BCUT2D eigenvalue weighted by molar-refractivity contribution is 6.05. The molecule has 0 aliphatic rings. The Hall–Kier alpha value is -3.72. The number of para-hydroxylation sites is 1. The van der Waals surface area contributed by atoms with Gasteiger partial charge in [0.15, 0.2) is 0 Å². The van der Waals surface area contributed by atoms with Gasteiger partial charge in [-0.2, -0.15) is 5.26 Å². The number of nitriles is 1. The summed E-state index contributed by atoms with van der Waals surface area (Å²) in [6.07, 6.45) is 1.50. The molecule has 6 nitrogen and oxygen atoms in total. The fourth-order valence-electron chi connectivity index (χ4n) is 2.55. The summed E-state index contributed by atoms with van der Waals surface area (Å²) in [4.78, 5) is 7.34. The average molecular weight is 346 g/mol. The van der Waals surface area contributed by atoms with E-state index in [0.29, 0.717) is 17.6 Å². The number of aromatic hydroxyl groups is 1. The van der Waals surface area contributed by atoms with Gasteiger partial charge in [0.25, 0.3) is 0 Å². The first-order valence-corrected chi connectivity index (χ1v) is 7.97. The van der Waals surface area contributed by atoms with Crippen molar-refractivity contribution in [3.8, 4) is 17.6 Å². The van der Waals surface area contributed by atoms with Gasteiger partial charge in [0.05, 0.1) is 24.9 Å². The lowest BCUT2D eigenvalue weighted by Crippen LogP contribution is -2.14. The number of aliphatic imine (C=N–C) groups is 1. The van der Waals surface area contributed by atoms with Gasteiger partial charge < -0.3 is 20.6 Å². The Morgan fingerprint density at radius 2 is 2.00 bits per heavy atom. The highest BCUT2D eigenvalue weighted by Crippen LogP contribution is 2.30. The molecule has 4 N–H and O–H groups in total. The van der Waals surface area contributed by atoms with Crippen LogP contribution in [0.5, 0.6) is 11.5 Å². The van der Waals surface area contributed by atoms with Crippen molar-refractivity contribution in [2.24, 2.45) is 10.7 Å². The zero-order valence-corrected chi connectivity index (χ0v) is 14.2. The smallest absolute Gasteiger partial charge is 0.148 e. The summed E-state index contributed by atoms with van der Waals surface area (Å²) in [5.41, 5.74) is 8.29. The maximum atomic E-state index is 10.3. The normalized spacial score (nSPS) is 12.2.